The number of benzene rings is 1. The van der Waals surface area contributed by atoms with E-state index in [4.69, 9.17) is 10.5 Å². The number of halogens is 1. The standard InChI is InChI=1S/C16H21FN2O/c1-16(10-20-9-15(18)19-16)13-8-12(5-6-14(13)17)7-11-3-2-4-11/h5-6,8,11H,2-4,7,9-10H2,1H3,(H2,18,19)/t16-/m0/s1. The molecule has 1 aromatic rings. The monoisotopic (exact) mass is 276 g/mol. The molecule has 2 N–H and O–H groups in total. The molecule has 0 unspecified atom stereocenters. The summed E-state index contributed by atoms with van der Waals surface area (Å²) in [6, 6.07) is 5.38. The predicted molar refractivity (Wildman–Crippen MR) is 77.2 cm³/mol. The Morgan fingerprint density at radius 3 is 2.90 bits per heavy atom. The topological polar surface area (TPSA) is 47.6 Å². The van der Waals surface area contributed by atoms with Crippen molar-refractivity contribution in [3.8, 4) is 0 Å². The van der Waals surface area contributed by atoms with Gasteiger partial charge in [-0.05, 0) is 30.9 Å². The van der Waals surface area contributed by atoms with Crippen molar-refractivity contribution in [1.82, 2.24) is 0 Å². The lowest BCUT2D eigenvalue weighted by Crippen LogP contribution is -2.38. The molecule has 3 nitrogen and oxygen atoms in total. The summed E-state index contributed by atoms with van der Waals surface area (Å²) in [5.74, 6) is 0.965. The Balaban J connectivity index is 1.91. The van der Waals surface area contributed by atoms with Crippen LogP contribution < -0.4 is 5.73 Å². The summed E-state index contributed by atoms with van der Waals surface area (Å²) < 4.78 is 19.6. The number of nitrogens with zero attached hydrogens (tertiary/aromatic N) is 1. The summed E-state index contributed by atoms with van der Waals surface area (Å²) in [6.07, 6.45) is 4.94. The van der Waals surface area contributed by atoms with Gasteiger partial charge in [0.1, 0.15) is 23.8 Å². The van der Waals surface area contributed by atoms with Crippen LogP contribution in [0.5, 0.6) is 0 Å². The molecule has 20 heavy (non-hydrogen) atoms. The molecule has 1 saturated carbocycles. The van der Waals surface area contributed by atoms with Gasteiger partial charge in [-0.25, -0.2) is 4.39 Å². The highest BCUT2D eigenvalue weighted by molar-refractivity contribution is 5.82. The van der Waals surface area contributed by atoms with Gasteiger partial charge in [0.25, 0.3) is 0 Å². The van der Waals surface area contributed by atoms with Gasteiger partial charge in [0.05, 0.1) is 6.61 Å². The summed E-state index contributed by atoms with van der Waals surface area (Å²) in [6.45, 7) is 2.58. The van der Waals surface area contributed by atoms with Crippen molar-refractivity contribution in [2.24, 2.45) is 16.6 Å². The molecule has 1 aromatic carbocycles. The number of hydrogen-bond donors (Lipinski definition) is 1. The van der Waals surface area contributed by atoms with Crippen molar-refractivity contribution >= 4 is 5.84 Å². The van der Waals surface area contributed by atoms with Gasteiger partial charge >= 0.3 is 0 Å². The summed E-state index contributed by atoms with van der Waals surface area (Å²) in [7, 11) is 0. The quantitative estimate of drug-likeness (QED) is 0.922. The molecule has 0 spiro atoms. The maximum Gasteiger partial charge on any atom is 0.128 e. The summed E-state index contributed by atoms with van der Waals surface area (Å²) >= 11 is 0. The maximum absolute atomic E-state index is 14.2. The fourth-order valence-electron chi connectivity index (χ4n) is 3.02. The number of nitrogens with two attached hydrogens (primary N) is 1. The smallest absolute Gasteiger partial charge is 0.128 e. The molecule has 0 bridgehead atoms. The van der Waals surface area contributed by atoms with E-state index in [2.05, 4.69) is 4.99 Å². The Morgan fingerprint density at radius 2 is 2.25 bits per heavy atom. The molecule has 2 aliphatic rings. The van der Waals surface area contributed by atoms with Gasteiger partial charge in [-0.3, -0.25) is 4.99 Å². The van der Waals surface area contributed by atoms with Gasteiger partial charge in [0, 0.05) is 5.56 Å². The highest BCUT2D eigenvalue weighted by Crippen LogP contribution is 2.34. The van der Waals surface area contributed by atoms with Crippen molar-refractivity contribution < 1.29 is 9.13 Å². The molecule has 108 valence electrons. The second-order valence-electron chi connectivity index (χ2n) is 6.19. The first-order chi connectivity index (χ1) is 9.57. The van der Waals surface area contributed by atoms with Crippen LogP contribution in [0.1, 0.15) is 37.3 Å². The van der Waals surface area contributed by atoms with Crippen molar-refractivity contribution in [1.29, 1.82) is 0 Å². The molecular formula is C16H21FN2O. The third-order valence-corrected chi connectivity index (χ3v) is 4.38. The number of ether oxygens (including phenoxy) is 1. The molecule has 1 aliphatic carbocycles. The van der Waals surface area contributed by atoms with Crippen LogP contribution in [0.15, 0.2) is 23.2 Å². The minimum atomic E-state index is -0.706. The average molecular weight is 276 g/mol. The second kappa shape index (κ2) is 5.17. The zero-order valence-electron chi connectivity index (χ0n) is 11.9. The molecule has 1 atom stereocenters. The van der Waals surface area contributed by atoms with Crippen molar-refractivity contribution in [3.05, 3.63) is 35.1 Å². The average Bonchev–Trinajstić information content (AvgIpc) is 2.35. The summed E-state index contributed by atoms with van der Waals surface area (Å²) in [4.78, 5) is 4.43. The zero-order valence-corrected chi connectivity index (χ0v) is 11.9. The van der Waals surface area contributed by atoms with E-state index in [0.717, 1.165) is 12.3 Å². The minimum Gasteiger partial charge on any atom is -0.386 e. The molecule has 1 heterocycles. The van der Waals surface area contributed by atoms with Crippen LogP contribution in [0.3, 0.4) is 0 Å². The molecule has 0 saturated heterocycles. The number of rotatable bonds is 3. The van der Waals surface area contributed by atoms with Crippen molar-refractivity contribution in [3.63, 3.8) is 0 Å². The van der Waals surface area contributed by atoms with Gasteiger partial charge in [0.2, 0.25) is 0 Å². The highest BCUT2D eigenvalue weighted by Gasteiger charge is 2.33. The first kappa shape index (κ1) is 13.6. The fraction of sp³-hybridized carbons (Fsp3) is 0.562. The third-order valence-electron chi connectivity index (χ3n) is 4.38. The minimum absolute atomic E-state index is 0.230. The lowest BCUT2D eigenvalue weighted by atomic mass is 9.80. The second-order valence-corrected chi connectivity index (χ2v) is 6.19. The van der Waals surface area contributed by atoms with Gasteiger partial charge in [0.15, 0.2) is 0 Å². The van der Waals surface area contributed by atoms with Crippen molar-refractivity contribution in [2.75, 3.05) is 13.2 Å². The SMILES string of the molecule is C[C@@]1(c2cc(CC3CCC3)ccc2F)COCC(N)=N1. The number of hydrogen-bond acceptors (Lipinski definition) is 3. The lowest BCUT2D eigenvalue weighted by Gasteiger charge is -2.31. The number of aliphatic imine (C=N–C) groups is 1. The first-order valence-electron chi connectivity index (χ1n) is 7.28. The van der Waals surface area contributed by atoms with Crippen LogP contribution in [-0.2, 0) is 16.7 Å². The Labute approximate surface area is 119 Å². The van der Waals surface area contributed by atoms with Gasteiger partial charge < -0.3 is 10.5 Å². The molecule has 0 amide bonds. The fourth-order valence-corrected chi connectivity index (χ4v) is 3.02. The Morgan fingerprint density at radius 1 is 1.45 bits per heavy atom. The van der Waals surface area contributed by atoms with E-state index in [1.54, 1.807) is 6.07 Å². The van der Waals surface area contributed by atoms with E-state index in [1.165, 1.54) is 24.8 Å². The highest BCUT2D eigenvalue weighted by atomic mass is 19.1. The van der Waals surface area contributed by atoms with Gasteiger partial charge in [-0.1, -0.05) is 31.4 Å². The third kappa shape index (κ3) is 2.57. The van der Waals surface area contributed by atoms with E-state index in [0.29, 0.717) is 24.6 Å². The molecule has 0 radical (unpaired) electrons. The lowest BCUT2D eigenvalue weighted by molar-refractivity contribution is 0.104. The predicted octanol–water partition coefficient (Wildman–Crippen LogP) is 2.77. The molecule has 4 heteroatoms. The zero-order chi connectivity index (χ0) is 14.2. The van der Waals surface area contributed by atoms with Crippen LogP contribution >= 0.6 is 0 Å². The van der Waals surface area contributed by atoms with Crippen LogP contribution in [0, 0.1) is 11.7 Å². The van der Waals surface area contributed by atoms with Crippen LogP contribution in [0.25, 0.3) is 0 Å². The molecule has 0 aromatic heterocycles. The Bertz CT molecular complexity index is 539. The van der Waals surface area contributed by atoms with Crippen LogP contribution in [0.2, 0.25) is 0 Å². The van der Waals surface area contributed by atoms with E-state index in [1.807, 2.05) is 19.1 Å². The Kier molecular flexibility index (Phi) is 3.50. The summed E-state index contributed by atoms with van der Waals surface area (Å²) in [5.41, 5.74) is 6.82. The number of amidine groups is 1. The van der Waals surface area contributed by atoms with Crippen molar-refractivity contribution in [2.45, 2.75) is 38.1 Å². The van der Waals surface area contributed by atoms with Crippen LogP contribution in [-0.4, -0.2) is 19.0 Å². The van der Waals surface area contributed by atoms with E-state index in [-0.39, 0.29) is 5.82 Å². The molecule has 1 fully saturated rings. The molecular weight excluding hydrogens is 255 g/mol. The summed E-state index contributed by atoms with van der Waals surface area (Å²) in [5, 5.41) is 0. The normalized spacial score (nSPS) is 27.0. The van der Waals surface area contributed by atoms with E-state index < -0.39 is 5.54 Å². The van der Waals surface area contributed by atoms with Crippen LogP contribution in [0.4, 0.5) is 4.39 Å². The van der Waals surface area contributed by atoms with Gasteiger partial charge in [-0.2, -0.15) is 0 Å². The molecule has 3 rings (SSSR count). The molecule has 1 aliphatic heterocycles. The maximum atomic E-state index is 14.2. The largest absolute Gasteiger partial charge is 0.386 e. The Hall–Kier alpha value is -1.42. The van der Waals surface area contributed by atoms with E-state index >= 15 is 0 Å². The van der Waals surface area contributed by atoms with Gasteiger partial charge in [-0.15, -0.1) is 0 Å². The van der Waals surface area contributed by atoms with E-state index in [9.17, 15) is 4.39 Å². The first-order valence-corrected chi connectivity index (χ1v) is 7.28.